The monoisotopic (exact) mass is 518 g/mol. The van der Waals surface area contributed by atoms with Crippen molar-refractivity contribution in [3.05, 3.63) is 11.1 Å². The Labute approximate surface area is 219 Å². The highest BCUT2D eigenvalue weighted by atomic mass is 16.5. The van der Waals surface area contributed by atoms with Crippen LogP contribution in [0.25, 0.3) is 0 Å². The van der Waals surface area contributed by atoms with E-state index in [9.17, 15) is 24.3 Å². The molecule has 4 aliphatic carbocycles. The number of ether oxygens (including phenoxy) is 3. The average Bonchev–Trinajstić information content (AvgIpc) is 3.04. The Morgan fingerprint density at radius 3 is 2.35 bits per heavy atom. The number of fused-ring (bicyclic) bond motifs is 4. The minimum absolute atomic E-state index is 0.0617. The summed E-state index contributed by atoms with van der Waals surface area (Å²) in [6, 6.07) is 0. The van der Waals surface area contributed by atoms with Crippen molar-refractivity contribution in [2.24, 2.45) is 28.6 Å². The lowest BCUT2D eigenvalue weighted by atomic mass is 9.48. The first-order chi connectivity index (χ1) is 17.3. The normalized spacial score (nSPS) is 39.7. The van der Waals surface area contributed by atoms with E-state index < -0.39 is 23.1 Å². The molecular weight excluding hydrogens is 476 g/mol. The van der Waals surface area contributed by atoms with Crippen molar-refractivity contribution in [1.82, 2.24) is 0 Å². The van der Waals surface area contributed by atoms with Crippen molar-refractivity contribution in [3.8, 4) is 0 Å². The van der Waals surface area contributed by atoms with E-state index in [1.807, 2.05) is 13.8 Å². The third-order valence-corrected chi connectivity index (χ3v) is 10.4. The number of aliphatic hydroxyl groups is 1. The Bertz CT molecular complexity index is 1020. The second-order valence-electron chi connectivity index (χ2n) is 12.2. The van der Waals surface area contributed by atoms with Crippen molar-refractivity contribution in [2.45, 2.75) is 110 Å². The zero-order valence-electron chi connectivity index (χ0n) is 23.1. The molecule has 0 radical (unpaired) electrons. The molecule has 0 aromatic carbocycles. The van der Waals surface area contributed by atoms with Gasteiger partial charge in [-0.2, -0.15) is 0 Å². The molecule has 4 aliphatic rings. The molecule has 8 nitrogen and oxygen atoms in total. The van der Waals surface area contributed by atoms with Gasteiger partial charge in [-0.25, -0.2) is 0 Å². The van der Waals surface area contributed by atoms with Crippen molar-refractivity contribution in [2.75, 3.05) is 7.11 Å². The Kier molecular flexibility index (Phi) is 7.38. The SMILES string of the molecule is COC(=O)CC[C@@H](C)[C@H]1CC(=O)[C@@]2(O)C3=C(C[C@H](OC(C)=O)[C@]12C)[C@@]1(C)CC[C@@H](OC(C)=O)C[C@H]1CC3. The van der Waals surface area contributed by atoms with Gasteiger partial charge in [0.15, 0.2) is 11.4 Å². The number of Topliss-reactive ketones (excluding diaryl/α,β-unsaturated/α-hetero) is 1. The summed E-state index contributed by atoms with van der Waals surface area (Å²) in [5.41, 5.74) is -1.12. The Morgan fingerprint density at radius 2 is 1.73 bits per heavy atom. The van der Waals surface area contributed by atoms with Gasteiger partial charge in [0.1, 0.15) is 12.2 Å². The zero-order valence-corrected chi connectivity index (χ0v) is 23.1. The molecule has 206 valence electrons. The Morgan fingerprint density at radius 1 is 1.05 bits per heavy atom. The second kappa shape index (κ2) is 9.83. The van der Waals surface area contributed by atoms with E-state index in [1.54, 1.807) is 0 Å². The fourth-order valence-corrected chi connectivity index (χ4v) is 8.40. The number of esters is 3. The van der Waals surface area contributed by atoms with E-state index in [0.717, 1.165) is 36.8 Å². The maximum absolute atomic E-state index is 13.8. The number of rotatable bonds is 6. The van der Waals surface area contributed by atoms with Gasteiger partial charge in [-0.05, 0) is 67.3 Å². The first-order valence-corrected chi connectivity index (χ1v) is 13.7. The summed E-state index contributed by atoms with van der Waals surface area (Å²) in [6.07, 6.45) is 4.28. The van der Waals surface area contributed by atoms with Crippen LogP contribution in [0.3, 0.4) is 0 Å². The highest BCUT2D eigenvalue weighted by Gasteiger charge is 2.72. The van der Waals surface area contributed by atoms with Crippen LogP contribution in [0, 0.1) is 28.6 Å². The summed E-state index contributed by atoms with van der Waals surface area (Å²) in [5, 5.41) is 12.5. The zero-order chi connectivity index (χ0) is 27.3. The molecule has 0 aromatic heterocycles. The van der Waals surface area contributed by atoms with Crippen LogP contribution in [-0.2, 0) is 33.4 Å². The molecule has 0 saturated heterocycles. The molecule has 0 heterocycles. The third-order valence-electron chi connectivity index (χ3n) is 10.4. The van der Waals surface area contributed by atoms with E-state index in [1.165, 1.54) is 21.0 Å². The van der Waals surface area contributed by atoms with Crippen molar-refractivity contribution in [1.29, 1.82) is 0 Å². The van der Waals surface area contributed by atoms with E-state index >= 15 is 0 Å². The molecule has 0 spiro atoms. The van der Waals surface area contributed by atoms with Crippen LogP contribution >= 0.6 is 0 Å². The lowest BCUT2D eigenvalue weighted by Gasteiger charge is -2.59. The van der Waals surface area contributed by atoms with Gasteiger partial charge in [0.05, 0.1) is 7.11 Å². The molecule has 2 fully saturated rings. The van der Waals surface area contributed by atoms with Gasteiger partial charge in [0, 0.05) is 38.5 Å². The minimum atomic E-state index is -1.72. The maximum atomic E-state index is 13.8. The highest BCUT2D eigenvalue weighted by Crippen LogP contribution is 2.67. The van der Waals surface area contributed by atoms with Gasteiger partial charge in [-0.3, -0.25) is 19.2 Å². The summed E-state index contributed by atoms with van der Waals surface area (Å²) in [6.45, 7) is 8.91. The fraction of sp³-hybridized carbons (Fsp3) is 0.793. The smallest absolute Gasteiger partial charge is 0.305 e. The molecule has 8 atom stereocenters. The summed E-state index contributed by atoms with van der Waals surface area (Å²) in [7, 11) is 1.36. The van der Waals surface area contributed by atoms with Crippen LogP contribution in [0.5, 0.6) is 0 Å². The Balaban J connectivity index is 1.75. The number of hydrogen-bond donors (Lipinski definition) is 1. The molecule has 1 N–H and O–H groups in total. The van der Waals surface area contributed by atoms with Crippen LogP contribution in [0.15, 0.2) is 11.1 Å². The van der Waals surface area contributed by atoms with Gasteiger partial charge in [0.2, 0.25) is 0 Å². The number of hydrogen-bond acceptors (Lipinski definition) is 8. The van der Waals surface area contributed by atoms with E-state index in [2.05, 4.69) is 6.92 Å². The van der Waals surface area contributed by atoms with Gasteiger partial charge in [-0.15, -0.1) is 0 Å². The van der Waals surface area contributed by atoms with Crippen LogP contribution in [-0.4, -0.2) is 53.7 Å². The number of ketones is 1. The van der Waals surface area contributed by atoms with E-state index in [-0.39, 0.29) is 59.8 Å². The quantitative estimate of drug-likeness (QED) is 0.318. The molecule has 0 bridgehead atoms. The molecular formula is C29H42O8. The molecule has 4 rings (SSSR count). The van der Waals surface area contributed by atoms with Crippen LogP contribution in [0.2, 0.25) is 0 Å². The first kappa shape index (κ1) is 27.8. The van der Waals surface area contributed by atoms with Crippen molar-refractivity contribution < 1.29 is 38.5 Å². The molecule has 8 heteroatoms. The second-order valence-corrected chi connectivity index (χ2v) is 12.2. The predicted molar refractivity (Wildman–Crippen MR) is 134 cm³/mol. The summed E-state index contributed by atoms with van der Waals surface area (Å²) >= 11 is 0. The Hall–Kier alpha value is -2.22. The molecule has 0 aromatic rings. The highest BCUT2D eigenvalue weighted by molar-refractivity contribution is 5.95. The van der Waals surface area contributed by atoms with Crippen molar-refractivity contribution >= 4 is 23.7 Å². The topological polar surface area (TPSA) is 116 Å². The van der Waals surface area contributed by atoms with E-state index in [0.29, 0.717) is 19.3 Å². The average molecular weight is 519 g/mol. The lowest BCUT2D eigenvalue weighted by molar-refractivity contribution is -0.181. The van der Waals surface area contributed by atoms with E-state index in [4.69, 9.17) is 14.2 Å². The minimum Gasteiger partial charge on any atom is -0.469 e. The van der Waals surface area contributed by atoms with Crippen LogP contribution in [0.1, 0.15) is 92.4 Å². The van der Waals surface area contributed by atoms with Gasteiger partial charge < -0.3 is 19.3 Å². The summed E-state index contributed by atoms with van der Waals surface area (Å²) in [5.74, 6) is -1.30. The lowest BCUT2D eigenvalue weighted by Crippen LogP contribution is -2.63. The standard InChI is InChI=1S/C29H42O8/c1-16(7-10-26(33)35-6)22-14-24(32)29(34)21-9-8-19-13-20(36-17(2)30)11-12-27(19,4)23(21)15-25(28(22,29)5)37-18(3)31/h16,19-20,22,25,34H,7-15H2,1-6H3/t16-,19-,20-,22-,25+,27+,28+,29+/m1/s1. The van der Waals surface area contributed by atoms with Gasteiger partial charge >= 0.3 is 17.9 Å². The summed E-state index contributed by atoms with van der Waals surface area (Å²) in [4.78, 5) is 49.5. The third kappa shape index (κ3) is 4.33. The molecule has 0 aliphatic heterocycles. The number of carbonyl (C=O) groups is 4. The first-order valence-electron chi connectivity index (χ1n) is 13.7. The van der Waals surface area contributed by atoms with Crippen molar-refractivity contribution in [3.63, 3.8) is 0 Å². The molecule has 0 amide bonds. The molecule has 2 saturated carbocycles. The largest absolute Gasteiger partial charge is 0.469 e. The van der Waals surface area contributed by atoms with Crippen LogP contribution < -0.4 is 0 Å². The fourth-order valence-electron chi connectivity index (χ4n) is 8.40. The molecule has 37 heavy (non-hydrogen) atoms. The number of methoxy groups -OCH3 is 1. The van der Waals surface area contributed by atoms with Gasteiger partial charge in [-0.1, -0.05) is 26.3 Å². The number of carbonyl (C=O) groups excluding carboxylic acids is 4. The van der Waals surface area contributed by atoms with Crippen LogP contribution in [0.4, 0.5) is 0 Å². The summed E-state index contributed by atoms with van der Waals surface area (Å²) < 4.78 is 16.3. The predicted octanol–water partition coefficient (Wildman–Crippen LogP) is 4.07. The van der Waals surface area contributed by atoms with Gasteiger partial charge in [0.25, 0.3) is 0 Å². The maximum Gasteiger partial charge on any atom is 0.305 e. The molecule has 0 unspecified atom stereocenters.